The van der Waals surface area contributed by atoms with Crippen LogP contribution < -0.4 is 9.64 Å². The fourth-order valence-electron chi connectivity index (χ4n) is 8.64. The number of ether oxygens (including phenoxy) is 1. The Kier molecular flexibility index (Phi) is 4.20. The first-order valence-electron chi connectivity index (χ1n) is 13.2. The van der Waals surface area contributed by atoms with Gasteiger partial charge in [-0.15, -0.1) is 0 Å². The van der Waals surface area contributed by atoms with Crippen LogP contribution in [0.1, 0.15) is 50.2 Å². The van der Waals surface area contributed by atoms with Crippen LogP contribution >= 0.6 is 0 Å². The summed E-state index contributed by atoms with van der Waals surface area (Å²) in [6.45, 7) is 1.42. The molecule has 0 N–H and O–H groups in total. The lowest BCUT2D eigenvalue weighted by Crippen LogP contribution is -2.76. The van der Waals surface area contributed by atoms with Crippen molar-refractivity contribution in [2.24, 2.45) is 23.7 Å². The van der Waals surface area contributed by atoms with Crippen LogP contribution in [-0.4, -0.2) is 11.6 Å². The van der Waals surface area contributed by atoms with Crippen molar-refractivity contribution < 1.29 is 19.3 Å². The van der Waals surface area contributed by atoms with E-state index >= 15 is 0 Å². The summed E-state index contributed by atoms with van der Waals surface area (Å²) in [6.07, 6.45) is 6.42. The van der Waals surface area contributed by atoms with Crippen LogP contribution in [0.25, 0.3) is 0 Å². The monoisotopic (exact) mass is 479 g/mol. The SMILES string of the molecule is CC(=O)Oc1ccc(N2c3ccccc3C3(OOC34C3CC5CC(C3)CC4C5)c3ccccc32)cc1. The molecule has 1 saturated heterocycles. The Morgan fingerprint density at radius 3 is 1.83 bits per heavy atom. The van der Waals surface area contributed by atoms with E-state index in [1.165, 1.54) is 50.2 Å². The van der Waals surface area contributed by atoms with Crippen molar-refractivity contribution in [3.8, 4) is 5.75 Å². The lowest BCUT2D eigenvalue weighted by molar-refractivity contribution is -0.583. The molecule has 4 bridgehead atoms. The predicted molar refractivity (Wildman–Crippen MR) is 135 cm³/mol. The van der Waals surface area contributed by atoms with E-state index in [-0.39, 0.29) is 11.6 Å². The molecule has 5 nitrogen and oxygen atoms in total. The predicted octanol–water partition coefficient (Wildman–Crippen LogP) is 6.80. The Hall–Kier alpha value is -3.15. The Bertz CT molecular complexity index is 1300. The molecule has 9 rings (SSSR count). The zero-order valence-corrected chi connectivity index (χ0v) is 20.4. The summed E-state index contributed by atoms with van der Waals surface area (Å²) in [4.78, 5) is 26.6. The van der Waals surface area contributed by atoms with Crippen LogP contribution in [0.4, 0.5) is 17.1 Å². The first-order chi connectivity index (χ1) is 17.6. The Morgan fingerprint density at radius 1 is 0.778 bits per heavy atom. The zero-order valence-electron chi connectivity index (χ0n) is 20.4. The molecule has 5 heteroatoms. The normalized spacial score (nSPS) is 32.2. The number of fused-ring (bicyclic) bond motifs is 4. The minimum absolute atomic E-state index is 0.308. The molecule has 0 atom stereocenters. The van der Waals surface area contributed by atoms with Crippen LogP contribution in [0, 0.1) is 23.7 Å². The minimum Gasteiger partial charge on any atom is -0.427 e. The second kappa shape index (κ2) is 7.21. The van der Waals surface area contributed by atoms with Crippen molar-refractivity contribution in [3.63, 3.8) is 0 Å². The molecule has 182 valence electrons. The van der Waals surface area contributed by atoms with Gasteiger partial charge in [-0.25, -0.2) is 9.78 Å². The molecule has 4 saturated carbocycles. The lowest BCUT2D eigenvalue weighted by atomic mass is 9.44. The molecule has 5 fully saturated rings. The highest BCUT2D eigenvalue weighted by atomic mass is 17.3. The van der Waals surface area contributed by atoms with Crippen molar-refractivity contribution in [1.29, 1.82) is 0 Å². The van der Waals surface area contributed by atoms with E-state index in [1.807, 2.05) is 24.3 Å². The van der Waals surface area contributed by atoms with Gasteiger partial charge in [0.2, 0.25) is 0 Å². The molecule has 3 aromatic carbocycles. The summed E-state index contributed by atoms with van der Waals surface area (Å²) in [5.41, 5.74) is 4.72. The maximum Gasteiger partial charge on any atom is 0.308 e. The summed E-state index contributed by atoms with van der Waals surface area (Å²) >= 11 is 0. The van der Waals surface area contributed by atoms with Gasteiger partial charge >= 0.3 is 5.97 Å². The number of hydrogen-bond acceptors (Lipinski definition) is 5. The summed E-state index contributed by atoms with van der Waals surface area (Å²) in [6, 6.07) is 25.1. The second-order valence-electron chi connectivity index (χ2n) is 11.4. The van der Waals surface area contributed by atoms with E-state index in [2.05, 4.69) is 53.4 Å². The Balaban J connectivity index is 1.32. The highest BCUT2D eigenvalue weighted by Crippen LogP contribution is 2.73. The molecule has 3 aromatic rings. The molecular formula is C31H29NO4. The van der Waals surface area contributed by atoms with Gasteiger partial charge in [0.1, 0.15) is 11.4 Å². The quantitative estimate of drug-likeness (QED) is 0.230. The van der Waals surface area contributed by atoms with Gasteiger partial charge in [-0.3, -0.25) is 4.79 Å². The molecular weight excluding hydrogens is 450 g/mol. The third-order valence-corrected chi connectivity index (χ3v) is 9.61. The van der Waals surface area contributed by atoms with Gasteiger partial charge in [0.25, 0.3) is 0 Å². The first-order valence-corrected chi connectivity index (χ1v) is 13.2. The number of nitrogens with zero attached hydrogens (tertiary/aromatic N) is 1. The number of carbonyl (C=O) groups excluding carboxylic acids is 1. The molecule has 2 heterocycles. The first kappa shape index (κ1) is 21.0. The van der Waals surface area contributed by atoms with Crippen LogP contribution in [0.3, 0.4) is 0 Å². The molecule has 0 amide bonds. The summed E-state index contributed by atoms with van der Waals surface area (Å²) in [5.74, 6) is 2.98. The molecule has 2 spiro atoms. The van der Waals surface area contributed by atoms with Crippen molar-refractivity contribution in [2.75, 3.05) is 4.90 Å². The van der Waals surface area contributed by atoms with Gasteiger partial charge in [0.05, 0.1) is 11.4 Å². The highest BCUT2D eigenvalue weighted by Gasteiger charge is 2.77. The number of hydrogen-bond donors (Lipinski definition) is 0. The van der Waals surface area contributed by atoms with Gasteiger partial charge < -0.3 is 9.64 Å². The van der Waals surface area contributed by atoms with E-state index in [0.717, 1.165) is 28.9 Å². The molecule has 36 heavy (non-hydrogen) atoms. The van der Waals surface area contributed by atoms with Gasteiger partial charge in [-0.1, -0.05) is 36.4 Å². The number of anilines is 3. The lowest BCUT2D eigenvalue weighted by Gasteiger charge is -2.71. The average molecular weight is 480 g/mol. The highest BCUT2D eigenvalue weighted by molar-refractivity contribution is 5.86. The smallest absolute Gasteiger partial charge is 0.308 e. The maximum absolute atomic E-state index is 11.4. The zero-order chi connectivity index (χ0) is 24.1. The van der Waals surface area contributed by atoms with E-state index < -0.39 is 5.60 Å². The average Bonchev–Trinajstić information content (AvgIpc) is 2.86. The van der Waals surface area contributed by atoms with Crippen LogP contribution in [0.5, 0.6) is 5.75 Å². The second-order valence-corrected chi connectivity index (χ2v) is 11.4. The number of benzene rings is 3. The molecule has 0 aromatic heterocycles. The fraction of sp³-hybridized carbons (Fsp3) is 0.387. The summed E-state index contributed by atoms with van der Waals surface area (Å²) in [7, 11) is 0. The van der Waals surface area contributed by atoms with Gasteiger partial charge in [-0.2, -0.15) is 0 Å². The summed E-state index contributed by atoms with van der Waals surface area (Å²) in [5, 5.41) is 0. The van der Waals surface area contributed by atoms with Crippen LogP contribution in [0.15, 0.2) is 72.8 Å². The maximum atomic E-state index is 11.4. The summed E-state index contributed by atoms with van der Waals surface area (Å²) < 4.78 is 5.29. The molecule has 2 aliphatic heterocycles. The van der Waals surface area contributed by atoms with Crippen molar-refractivity contribution in [1.82, 2.24) is 0 Å². The van der Waals surface area contributed by atoms with E-state index in [9.17, 15) is 4.79 Å². The largest absolute Gasteiger partial charge is 0.427 e. The topological polar surface area (TPSA) is 48.0 Å². The molecule has 0 unspecified atom stereocenters. The minimum atomic E-state index is -0.600. The number of para-hydroxylation sites is 2. The number of carbonyl (C=O) groups is 1. The molecule has 6 aliphatic rings. The third kappa shape index (κ3) is 2.50. The molecule has 4 aliphatic carbocycles. The van der Waals surface area contributed by atoms with E-state index in [0.29, 0.717) is 17.6 Å². The number of rotatable bonds is 2. The molecule has 0 radical (unpaired) electrons. The Labute approximate surface area is 210 Å². The Morgan fingerprint density at radius 2 is 1.33 bits per heavy atom. The van der Waals surface area contributed by atoms with Crippen molar-refractivity contribution in [2.45, 2.75) is 50.2 Å². The number of esters is 1. The van der Waals surface area contributed by atoms with Crippen LogP contribution in [-0.2, 0) is 20.2 Å². The van der Waals surface area contributed by atoms with E-state index in [1.54, 1.807) is 0 Å². The van der Waals surface area contributed by atoms with Gasteiger partial charge in [0, 0.05) is 23.7 Å². The van der Waals surface area contributed by atoms with Crippen molar-refractivity contribution >= 4 is 23.0 Å². The van der Waals surface area contributed by atoms with E-state index in [4.69, 9.17) is 14.5 Å². The van der Waals surface area contributed by atoms with Gasteiger partial charge in [0.15, 0.2) is 5.60 Å². The van der Waals surface area contributed by atoms with Crippen LogP contribution in [0.2, 0.25) is 0 Å². The van der Waals surface area contributed by atoms with Crippen molar-refractivity contribution in [3.05, 3.63) is 83.9 Å². The fourth-order valence-corrected chi connectivity index (χ4v) is 8.64. The van der Waals surface area contributed by atoms with Gasteiger partial charge in [-0.05, 0) is 92.2 Å². The third-order valence-electron chi connectivity index (χ3n) is 9.61. The standard InChI is InChI=1S/C31H29NO4/c1-19(33)34-25-12-10-24(11-13-25)32-28-8-4-2-6-26(28)31(27-7-3-5-9-29(27)32)30(35-36-31)22-15-20-14-21(17-22)18-23(30)16-20/h2-13,20-23H,14-18H2,1H3.